The summed E-state index contributed by atoms with van der Waals surface area (Å²) < 4.78 is 2.76. The minimum absolute atomic E-state index is 0.161. The molecule has 4 aromatic rings. The van der Waals surface area contributed by atoms with E-state index in [0.717, 1.165) is 42.0 Å². The molecule has 1 aliphatic heterocycles. The first kappa shape index (κ1) is 23.6. The zero-order valence-electron chi connectivity index (χ0n) is 21.1. The first-order valence-corrected chi connectivity index (χ1v) is 13.0. The molecule has 184 valence electrons. The zero-order chi connectivity index (χ0) is 24.9. The van der Waals surface area contributed by atoms with Gasteiger partial charge in [0.05, 0.1) is 5.00 Å². The number of thiophene rings is 1. The van der Waals surface area contributed by atoms with E-state index in [4.69, 9.17) is 0 Å². The molecule has 8 heteroatoms. The predicted molar refractivity (Wildman–Crippen MR) is 145 cm³/mol. The Morgan fingerprint density at radius 1 is 1.03 bits per heavy atom. The average Bonchev–Trinajstić information content (AvgIpc) is 3.39. The number of nitrogens with zero attached hydrogens (tertiary/aromatic N) is 3. The highest BCUT2D eigenvalue weighted by Gasteiger charge is 2.28. The van der Waals surface area contributed by atoms with E-state index in [1.165, 1.54) is 44.5 Å². The summed E-state index contributed by atoms with van der Waals surface area (Å²) in [5.74, 6) is 0. The Labute approximate surface area is 209 Å². The number of hydrogen-bond acceptors (Lipinski definition) is 5. The number of nitrogens with one attached hydrogen (secondary N) is 2. The summed E-state index contributed by atoms with van der Waals surface area (Å²) in [7, 11) is 3.27. The average molecular weight is 492 g/mol. The summed E-state index contributed by atoms with van der Waals surface area (Å²) >= 11 is 1.81. The molecule has 7 nitrogen and oxygen atoms in total. The van der Waals surface area contributed by atoms with Gasteiger partial charge >= 0.3 is 5.69 Å². The number of piperazine rings is 1. The van der Waals surface area contributed by atoms with Gasteiger partial charge in [-0.3, -0.25) is 9.36 Å². The highest BCUT2D eigenvalue weighted by atomic mass is 32.1. The number of aryl methyl sites for hydroxylation is 3. The van der Waals surface area contributed by atoms with Gasteiger partial charge in [-0.2, -0.15) is 0 Å². The highest BCUT2D eigenvalue weighted by molar-refractivity contribution is 7.22. The molecule has 5 rings (SSSR count). The van der Waals surface area contributed by atoms with Crippen molar-refractivity contribution in [3.8, 4) is 11.3 Å². The smallest absolute Gasteiger partial charge is 0.330 e. The quantitative estimate of drug-likeness (QED) is 0.448. The van der Waals surface area contributed by atoms with Gasteiger partial charge in [0.25, 0.3) is 5.56 Å². The van der Waals surface area contributed by atoms with Crippen molar-refractivity contribution >= 4 is 26.6 Å². The second-order valence-electron chi connectivity index (χ2n) is 9.67. The number of anilines is 1. The Morgan fingerprint density at radius 3 is 2.49 bits per heavy atom. The molecule has 1 atom stereocenters. The van der Waals surface area contributed by atoms with Crippen LogP contribution >= 0.6 is 11.3 Å². The summed E-state index contributed by atoms with van der Waals surface area (Å²) in [4.78, 5) is 32.1. The maximum Gasteiger partial charge on any atom is 0.330 e. The zero-order valence-corrected chi connectivity index (χ0v) is 21.9. The minimum Gasteiger partial charge on any atom is -0.357 e. The van der Waals surface area contributed by atoms with Gasteiger partial charge < -0.3 is 19.8 Å². The summed E-state index contributed by atoms with van der Waals surface area (Å²) in [6.07, 6.45) is 1.58. The predicted octanol–water partition coefficient (Wildman–Crippen LogP) is 3.49. The molecule has 35 heavy (non-hydrogen) atoms. The van der Waals surface area contributed by atoms with Crippen LogP contribution in [-0.4, -0.2) is 39.8 Å². The van der Waals surface area contributed by atoms with Crippen LogP contribution in [-0.2, 0) is 26.9 Å². The third-order valence-corrected chi connectivity index (χ3v) is 8.33. The SMILES string of the molecule is CCc1c(N2CCNCC2Cc2cc(=O)n(C)c(=O)n2C)sc2[nH]c(-c3cc(C)cc(C)c3)cc12. The molecule has 0 bridgehead atoms. The summed E-state index contributed by atoms with van der Waals surface area (Å²) in [6, 6.07) is 10.7. The lowest BCUT2D eigenvalue weighted by atomic mass is 10.0. The fourth-order valence-electron chi connectivity index (χ4n) is 5.30. The Bertz CT molecular complexity index is 1500. The van der Waals surface area contributed by atoms with E-state index in [0.29, 0.717) is 6.42 Å². The van der Waals surface area contributed by atoms with Gasteiger partial charge in [-0.25, -0.2) is 4.79 Å². The number of hydrogen-bond donors (Lipinski definition) is 2. The highest BCUT2D eigenvalue weighted by Crippen LogP contribution is 2.41. The van der Waals surface area contributed by atoms with Crippen LogP contribution in [0, 0.1) is 13.8 Å². The number of benzene rings is 1. The van der Waals surface area contributed by atoms with Gasteiger partial charge in [0, 0.05) is 69.0 Å². The second-order valence-corrected chi connectivity index (χ2v) is 10.7. The molecule has 4 heterocycles. The van der Waals surface area contributed by atoms with Gasteiger partial charge in [-0.1, -0.05) is 35.5 Å². The standard InChI is InChI=1S/C27H33N5O2S/c1-6-21-22-14-23(18-10-16(2)9-17(3)11-18)29-25(22)35-26(21)32-8-7-28-15-20(32)12-19-13-24(33)31(5)27(34)30(19)4/h9-11,13-14,20,28-29H,6-8,12,15H2,1-5H3. The van der Waals surface area contributed by atoms with Crippen LogP contribution in [0.3, 0.4) is 0 Å². The van der Waals surface area contributed by atoms with Crippen LogP contribution in [0.2, 0.25) is 0 Å². The maximum absolute atomic E-state index is 12.5. The van der Waals surface area contributed by atoms with E-state index in [2.05, 4.69) is 60.2 Å². The number of rotatable bonds is 5. The van der Waals surface area contributed by atoms with E-state index in [9.17, 15) is 9.59 Å². The molecule has 0 amide bonds. The Kier molecular flexibility index (Phi) is 6.19. The van der Waals surface area contributed by atoms with Crippen LogP contribution in [0.25, 0.3) is 21.5 Å². The van der Waals surface area contributed by atoms with Crippen molar-refractivity contribution in [1.29, 1.82) is 0 Å². The van der Waals surface area contributed by atoms with E-state index >= 15 is 0 Å². The van der Waals surface area contributed by atoms with Gasteiger partial charge in [-0.05, 0) is 49.6 Å². The van der Waals surface area contributed by atoms with Crippen LogP contribution < -0.4 is 21.5 Å². The molecule has 2 N–H and O–H groups in total. The normalized spacial score (nSPS) is 16.4. The van der Waals surface area contributed by atoms with Crippen molar-refractivity contribution in [3.63, 3.8) is 0 Å². The molecular weight excluding hydrogens is 458 g/mol. The molecule has 0 saturated carbocycles. The molecule has 1 saturated heterocycles. The van der Waals surface area contributed by atoms with Crippen LogP contribution in [0.15, 0.2) is 39.9 Å². The van der Waals surface area contributed by atoms with E-state index < -0.39 is 0 Å². The van der Waals surface area contributed by atoms with Crippen LogP contribution in [0.4, 0.5) is 5.00 Å². The topological polar surface area (TPSA) is 75.1 Å². The van der Waals surface area contributed by atoms with Crippen LogP contribution in [0.5, 0.6) is 0 Å². The molecule has 3 aromatic heterocycles. The van der Waals surface area contributed by atoms with E-state index in [1.54, 1.807) is 17.7 Å². The summed E-state index contributed by atoms with van der Waals surface area (Å²) in [5, 5.41) is 6.09. The number of aromatic nitrogens is 3. The Hall–Kier alpha value is -3.10. The molecule has 1 aromatic carbocycles. The van der Waals surface area contributed by atoms with Gasteiger partial charge in [0.1, 0.15) is 4.83 Å². The Morgan fingerprint density at radius 2 is 1.77 bits per heavy atom. The third-order valence-electron chi connectivity index (χ3n) is 7.13. The molecule has 1 unspecified atom stereocenters. The van der Waals surface area contributed by atoms with Crippen molar-refractivity contribution in [2.45, 2.75) is 39.7 Å². The first-order valence-electron chi connectivity index (χ1n) is 12.2. The number of H-pyrrole nitrogens is 1. The van der Waals surface area contributed by atoms with Crippen molar-refractivity contribution in [3.05, 3.63) is 73.6 Å². The monoisotopic (exact) mass is 491 g/mol. The largest absolute Gasteiger partial charge is 0.357 e. The second kappa shape index (κ2) is 9.17. The summed E-state index contributed by atoms with van der Waals surface area (Å²) in [5.41, 5.74) is 6.52. The lowest BCUT2D eigenvalue weighted by Crippen LogP contribution is -2.53. The van der Waals surface area contributed by atoms with Crippen molar-refractivity contribution in [2.75, 3.05) is 24.5 Å². The third kappa shape index (κ3) is 4.25. The molecule has 0 aliphatic carbocycles. The van der Waals surface area contributed by atoms with Crippen molar-refractivity contribution in [1.82, 2.24) is 19.4 Å². The molecule has 0 spiro atoms. The Balaban J connectivity index is 1.52. The van der Waals surface area contributed by atoms with Crippen molar-refractivity contribution < 1.29 is 0 Å². The van der Waals surface area contributed by atoms with Crippen molar-refractivity contribution in [2.24, 2.45) is 14.1 Å². The van der Waals surface area contributed by atoms with Gasteiger partial charge in [-0.15, -0.1) is 0 Å². The van der Waals surface area contributed by atoms with E-state index in [1.807, 2.05) is 11.3 Å². The molecule has 0 radical (unpaired) electrons. The van der Waals surface area contributed by atoms with Gasteiger partial charge in [0.15, 0.2) is 0 Å². The fraction of sp³-hybridized carbons (Fsp3) is 0.407. The molecular formula is C27H33N5O2S. The first-order chi connectivity index (χ1) is 16.8. The lowest BCUT2D eigenvalue weighted by molar-refractivity contribution is 0.464. The molecule has 1 fully saturated rings. The van der Waals surface area contributed by atoms with Crippen LogP contribution in [0.1, 0.15) is 29.3 Å². The summed E-state index contributed by atoms with van der Waals surface area (Å²) in [6.45, 7) is 9.11. The van der Waals surface area contributed by atoms with E-state index in [-0.39, 0.29) is 17.3 Å². The fourth-order valence-corrected chi connectivity index (χ4v) is 6.68. The minimum atomic E-state index is -0.277. The maximum atomic E-state index is 12.5. The number of aromatic amines is 1. The number of fused-ring (bicyclic) bond motifs is 1. The molecule has 1 aliphatic rings. The van der Waals surface area contributed by atoms with Gasteiger partial charge in [0.2, 0.25) is 0 Å². The lowest BCUT2D eigenvalue weighted by Gasteiger charge is -2.38.